The summed E-state index contributed by atoms with van der Waals surface area (Å²) in [6.45, 7) is 6.07. The summed E-state index contributed by atoms with van der Waals surface area (Å²) in [5, 5.41) is 9.10. The number of hydrogen-bond acceptors (Lipinski definition) is 3. The van der Waals surface area contributed by atoms with Crippen LogP contribution in [0.4, 0.5) is 0 Å². The quantitative estimate of drug-likeness (QED) is 0.695. The molecule has 0 aliphatic carbocycles. The maximum atomic E-state index is 9.10. The summed E-state index contributed by atoms with van der Waals surface area (Å²) >= 11 is 0. The second kappa shape index (κ2) is 8.04. The predicted octanol–water partition coefficient (Wildman–Crippen LogP) is 2.37. The number of unbranched alkanes of at least 4 members (excludes halogenated alkanes) is 1. The van der Waals surface area contributed by atoms with Crippen molar-refractivity contribution in [2.24, 2.45) is 5.92 Å². The predicted molar refractivity (Wildman–Crippen MR) is 64.5 cm³/mol. The first-order valence-electron chi connectivity index (χ1n) is 6.65. The van der Waals surface area contributed by atoms with E-state index in [1.807, 2.05) is 0 Å². The largest absolute Gasteiger partial charge is 0.394 e. The number of aliphatic hydroxyl groups is 1. The van der Waals surface area contributed by atoms with Crippen molar-refractivity contribution in [1.82, 2.24) is 0 Å². The van der Waals surface area contributed by atoms with Crippen molar-refractivity contribution < 1.29 is 14.6 Å². The first-order chi connectivity index (χ1) is 7.81. The van der Waals surface area contributed by atoms with Gasteiger partial charge < -0.3 is 14.6 Å². The van der Waals surface area contributed by atoms with Gasteiger partial charge in [0.15, 0.2) is 0 Å². The molecule has 1 aliphatic heterocycles. The first-order valence-corrected chi connectivity index (χ1v) is 6.65. The van der Waals surface area contributed by atoms with E-state index in [9.17, 15) is 0 Å². The number of ether oxygens (including phenoxy) is 2. The fourth-order valence-corrected chi connectivity index (χ4v) is 2.15. The Morgan fingerprint density at radius 3 is 2.88 bits per heavy atom. The van der Waals surface area contributed by atoms with E-state index in [0.29, 0.717) is 5.92 Å². The summed E-state index contributed by atoms with van der Waals surface area (Å²) in [6.07, 6.45) is 5.91. The van der Waals surface area contributed by atoms with Gasteiger partial charge in [-0.05, 0) is 18.8 Å². The third-order valence-electron chi connectivity index (χ3n) is 3.42. The molecule has 1 aliphatic rings. The van der Waals surface area contributed by atoms with Gasteiger partial charge >= 0.3 is 0 Å². The normalized spacial score (nSPS) is 27.2. The first kappa shape index (κ1) is 13.9. The Morgan fingerprint density at radius 2 is 2.25 bits per heavy atom. The molecule has 96 valence electrons. The molecule has 0 spiro atoms. The average molecular weight is 230 g/mol. The zero-order valence-corrected chi connectivity index (χ0v) is 10.7. The van der Waals surface area contributed by atoms with Crippen molar-refractivity contribution in [1.29, 1.82) is 0 Å². The lowest BCUT2D eigenvalue weighted by atomic mass is 10.0. The van der Waals surface area contributed by atoms with E-state index in [2.05, 4.69) is 13.8 Å². The molecule has 3 nitrogen and oxygen atoms in total. The third-order valence-corrected chi connectivity index (χ3v) is 3.42. The van der Waals surface area contributed by atoms with Crippen LogP contribution in [-0.2, 0) is 9.47 Å². The molecule has 0 aromatic heterocycles. The number of hydrogen-bond donors (Lipinski definition) is 1. The molecule has 1 N–H and O–H groups in total. The lowest BCUT2D eigenvalue weighted by Gasteiger charge is -2.21. The summed E-state index contributed by atoms with van der Waals surface area (Å²) in [4.78, 5) is 0. The minimum absolute atomic E-state index is 0.0798. The van der Waals surface area contributed by atoms with Crippen LogP contribution in [0.5, 0.6) is 0 Å². The van der Waals surface area contributed by atoms with Crippen LogP contribution in [0, 0.1) is 5.92 Å². The van der Waals surface area contributed by atoms with Gasteiger partial charge in [-0.3, -0.25) is 0 Å². The third kappa shape index (κ3) is 4.40. The Morgan fingerprint density at radius 1 is 1.44 bits per heavy atom. The summed E-state index contributed by atoms with van der Waals surface area (Å²) in [6, 6.07) is 0. The molecule has 1 fully saturated rings. The van der Waals surface area contributed by atoms with Crippen LogP contribution in [0.3, 0.4) is 0 Å². The van der Waals surface area contributed by atoms with Crippen LogP contribution in [0.15, 0.2) is 0 Å². The zero-order chi connectivity index (χ0) is 11.8. The molecule has 3 heteroatoms. The minimum atomic E-state index is -0.0938. The average Bonchev–Trinajstić information content (AvgIpc) is 2.77. The van der Waals surface area contributed by atoms with Gasteiger partial charge in [0.25, 0.3) is 0 Å². The fraction of sp³-hybridized carbons (Fsp3) is 1.00. The van der Waals surface area contributed by atoms with Crippen molar-refractivity contribution in [2.45, 2.75) is 58.2 Å². The van der Waals surface area contributed by atoms with Gasteiger partial charge in [0.05, 0.1) is 12.7 Å². The van der Waals surface area contributed by atoms with Crippen LogP contribution in [0.25, 0.3) is 0 Å². The van der Waals surface area contributed by atoms with Gasteiger partial charge in [0.2, 0.25) is 0 Å². The van der Waals surface area contributed by atoms with Gasteiger partial charge in [-0.1, -0.05) is 33.1 Å². The minimum Gasteiger partial charge on any atom is -0.394 e. The van der Waals surface area contributed by atoms with E-state index in [1.165, 1.54) is 25.7 Å². The Hall–Kier alpha value is -0.120. The van der Waals surface area contributed by atoms with Crippen LogP contribution >= 0.6 is 0 Å². The van der Waals surface area contributed by atoms with E-state index in [0.717, 1.165) is 19.6 Å². The molecule has 0 aromatic carbocycles. The second-order valence-electron chi connectivity index (χ2n) is 4.67. The highest BCUT2D eigenvalue weighted by molar-refractivity contribution is 4.76. The molecule has 16 heavy (non-hydrogen) atoms. The Balaban J connectivity index is 2.20. The molecular weight excluding hydrogens is 204 g/mol. The van der Waals surface area contributed by atoms with Crippen molar-refractivity contribution in [3.8, 4) is 0 Å². The van der Waals surface area contributed by atoms with Gasteiger partial charge in [-0.2, -0.15) is 0 Å². The topological polar surface area (TPSA) is 38.7 Å². The zero-order valence-electron chi connectivity index (χ0n) is 10.7. The maximum absolute atomic E-state index is 9.10. The molecule has 0 radical (unpaired) electrons. The Kier molecular flexibility index (Phi) is 7.01. The van der Waals surface area contributed by atoms with E-state index in [1.54, 1.807) is 0 Å². The van der Waals surface area contributed by atoms with Crippen molar-refractivity contribution in [2.75, 3.05) is 19.8 Å². The maximum Gasteiger partial charge on any atom is 0.107 e. The summed E-state index contributed by atoms with van der Waals surface area (Å²) in [5.41, 5.74) is 0. The van der Waals surface area contributed by atoms with Gasteiger partial charge in [0.1, 0.15) is 6.10 Å². The summed E-state index contributed by atoms with van der Waals surface area (Å²) < 4.78 is 11.3. The van der Waals surface area contributed by atoms with Gasteiger partial charge in [0, 0.05) is 13.2 Å². The number of rotatable bonds is 8. The van der Waals surface area contributed by atoms with E-state index in [-0.39, 0.29) is 18.8 Å². The summed E-state index contributed by atoms with van der Waals surface area (Å²) in [7, 11) is 0. The Labute approximate surface area is 99.1 Å². The molecular formula is C13H26O3. The molecule has 0 bridgehead atoms. The molecule has 1 heterocycles. The monoisotopic (exact) mass is 230 g/mol. The smallest absolute Gasteiger partial charge is 0.107 e. The number of aliphatic hydroxyl groups excluding tert-OH is 1. The highest BCUT2D eigenvalue weighted by Gasteiger charge is 2.28. The van der Waals surface area contributed by atoms with Crippen molar-refractivity contribution in [3.05, 3.63) is 0 Å². The van der Waals surface area contributed by atoms with E-state index in [4.69, 9.17) is 14.6 Å². The van der Waals surface area contributed by atoms with Gasteiger partial charge in [-0.15, -0.1) is 0 Å². The van der Waals surface area contributed by atoms with Crippen LogP contribution in [-0.4, -0.2) is 37.1 Å². The van der Waals surface area contributed by atoms with E-state index < -0.39 is 0 Å². The summed E-state index contributed by atoms with van der Waals surface area (Å²) in [5.74, 6) is 0.667. The molecule has 0 aromatic rings. The van der Waals surface area contributed by atoms with Gasteiger partial charge in [-0.25, -0.2) is 0 Å². The highest BCUT2D eigenvalue weighted by Crippen LogP contribution is 2.20. The standard InChI is InChI=1S/C13H26O3/c1-3-5-6-11(4-2)10-16-12-7-8-15-13(12)9-14/h11-14H,3-10H2,1-2H3/t11?,12?,13-/m1/s1. The molecule has 0 saturated carbocycles. The fourth-order valence-electron chi connectivity index (χ4n) is 2.15. The second-order valence-corrected chi connectivity index (χ2v) is 4.67. The van der Waals surface area contributed by atoms with Crippen LogP contribution < -0.4 is 0 Å². The molecule has 1 saturated heterocycles. The van der Waals surface area contributed by atoms with Crippen molar-refractivity contribution in [3.63, 3.8) is 0 Å². The Bertz CT molecular complexity index is 173. The lowest BCUT2D eigenvalue weighted by Crippen LogP contribution is -2.29. The SMILES string of the molecule is CCCCC(CC)COC1CCO[C@@H]1CO. The van der Waals surface area contributed by atoms with Crippen LogP contribution in [0.2, 0.25) is 0 Å². The lowest BCUT2D eigenvalue weighted by molar-refractivity contribution is -0.0440. The highest BCUT2D eigenvalue weighted by atomic mass is 16.6. The van der Waals surface area contributed by atoms with E-state index >= 15 is 0 Å². The molecule has 1 rings (SSSR count). The molecule has 2 unspecified atom stereocenters. The van der Waals surface area contributed by atoms with Crippen molar-refractivity contribution >= 4 is 0 Å². The van der Waals surface area contributed by atoms with Crippen LogP contribution in [0.1, 0.15) is 46.0 Å². The molecule has 3 atom stereocenters. The molecule has 0 amide bonds.